The molecule has 1 heterocycles. The highest BCUT2D eigenvalue weighted by Crippen LogP contribution is 2.33. The predicted octanol–water partition coefficient (Wildman–Crippen LogP) is 2.75. The molecule has 0 spiro atoms. The first-order chi connectivity index (χ1) is 8.13. The number of fused-ring (bicyclic) bond motifs is 1. The van der Waals surface area contributed by atoms with Gasteiger partial charge in [0.2, 0.25) is 0 Å². The molecule has 2 N–H and O–H groups in total. The molecule has 0 bridgehead atoms. The molecule has 17 heavy (non-hydrogen) atoms. The summed E-state index contributed by atoms with van der Waals surface area (Å²) in [5.41, 5.74) is 1.96. The van der Waals surface area contributed by atoms with E-state index in [-0.39, 0.29) is 12.3 Å². The van der Waals surface area contributed by atoms with Crippen molar-refractivity contribution in [3.63, 3.8) is 0 Å². The van der Waals surface area contributed by atoms with E-state index in [0.29, 0.717) is 0 Å². The Kier molecular flexibility index (Phi) is 3.04. The minimum atomic E-state index is -0.790. The minimum absolute atomic E-state index is 0.0439. The fourth-order valence-electron chi connectivity index (χ4n) is 2.11. The van der Waals surface area contributed by atoms with E-state index in [1.165, 1.54) is 0 Å². The van der Waals surface area contributed by atoms with Crippen LogP contribution < -0.4 is 4.74 Å². The molecule has 0 radical (unpaired) electrons. The van der Waals surface area contributed by atoms with E-state index in [1.54, 1.807) is 7.11 Å². The number of aromatic amines is 1. The Labute approximate surface area is 99.2 Å². The number of hydrogen-bond donors (Lipinski definition) is 2. The maximum Gasteiger partial charge on any atom is 0.303 e. The predicted molar refractivity (Wildman–Crippen MR) is 65.5 cm³/mol. The molecule has 1 aromatic heterocycles. The zero-order chi connectivity index (χ0) is 12.4. The molecule has 4 nitrogen and oxygen atoms in total. The van der Waals surface area contributed by atoms with Gasteiger partial charge in [0.1, 0.15) is 5.75 Å². The fraction of sp³-hybridized carbons (Fsp3) is 0.308. The van der Waals surface area contributed by atoms with E-state index in [4.69, 9.17) is 9.84 Å². The van der Waals surface area contributed by atoms with Crippen LogP contribution in [0.4, 0.5) is 0 Å². The molecular weight excluding hydrogens is 218 g/mol. The van der Waals surface area contributed by atoms with Gasteiger partial charge in [-0.25, -0.2) is 0 Å². The molecule has 2 rings (SSSR count). The van der Waals surface area contributed by atoms with Crippen LogP contribution in [0.5, 0.6) is 5.75 Å². The third-order valence-corrected chi connectivity index (χ3v) is 2.93. The zero-order valence-corrected chi connectivity index (χ0v) is 9.86. The van der Waals surface area contributed by atoms with Gasteiger partial charge in [0.15, 0.2) is 0 Å². The van der Waals surface area contributed by atoms with E-state index in [1.807, 2.05) is 31.3 Å². The van der Waals surface area contributed by atoms with Gasteiger partial charge in [0.25, 0.3) is 0 Å². The highest BCUT2D eigenvalue weighted by molar-refractivity contribution is 5.90. The van der Waals surface area contributed by atoms with Gasteiger partial charge in [-0.3, -0.25) is 4.79 Å². The average molecular weight is 233 g/mol. The highest BCUT2D eigenvalue weighted by Gasteiger charge is 2.16. The first kappa shape index (κ1) is 11.5. The Hall–Kier alpha value is -1.97. The summed E-state index contributed by atoms with van der Waals surface area (Å²) >= 11 is 0. The van der Waals surface area contributed by atoms with Crippen molar-refractivity contribution in [1.29, 1.82) is 0 Å². The van der Waals surface area contributed by atoms with Crippen LogP contribution in [0.25, 0.3) is 10.9 Å². The second kappa shape index (κ2) is 4.49. The summed E-state index contributed by atoms with van der Waals surface area (Å²) in [6, 6.07) is 5.74. The van der Waals surface area contributed by atoms with Crippen molar-refractivity contribution in [2.24, 2.45) is 0 Å². The number of carboxylic acid groups (broad SMARTS) is 1. The standard InChI is InChI=1S/C13H15NO3/c1-8(6-12(15)16)9-7-14-10-4-3-5-11(17-2)13(9)10/h3-5,7-8,14H,6H2,1-2H3,(H,15,16). The van der Waals surface area contributed by atoms with Crippen LogP contribution in [-0.4, -0.2) is 23.2 Å². The molecule has 1 unspecified atom stereocenters. The SMILES string of the molecule is COc1cccc2[nH]cc(C(C)CC(=O)O)c12. The molecule has 0 aliphatic rings. The molecule has 0 aliphatic carbocycles. The van der Waals surface area contributed by atoms with Crippen LogP contribution in [-0.2, 0) is 4.79 Å². The number of carboxylic acids is 1. The number of benzene rings is 1. The molecule has 4 heteroatoms. The number of aromatic nitrogens is 1. The van der Waals surface area contributed by atoms with Gasteiger partial charge in [-0.1, -0.05) is 13.0 Å². The molecule has 0 amide bonds. The summed E-state index contributed by atoms with van der Waals surface area (Å²) in [4.78, 5) is 13.9. The zero-order valence-electron chi connectivity index (χ0n) is 9.86. The van der Waals surface area contributed by atoms with Crippen LogP contribution in [0.15, 0.2) is 24.4 Å². The van der Waals surface area contributed by atoms with Gasteiger partial charge in [0, 0.05) is 17.1 Å². The normalized spacial score (nSPS) is 12.6. The number of carbonyl (C=O) groups is 1. The number of ether oxygens (including phenoxy) is 1. The van der Waals surface area contributed by atoms with Gasteiger partial charge in [-0.15, -0.1) is 0 Å². The third-order valence-electron chi connectivity index (χ3n) is 2.93. The molecular formula is C13H15NO3. The molecule has 0 saturated carbocycles. The van der Waals surface area contributed by atoms with Crippen molar-refractivity contribution in [3.05, 3.63) is 30.0 Å². The Morgan fingerprint density at radius 1 is 1.53 bits per heavy atom. The van der Waals surface area contributed by atoms with E-state index >= 15 is 0 Å². The molecule has 0 saturated heterocycles. The van der Waals surface area contributed by atoms with E-state index < -0.39 is 5.97 Å². The summed E-state index contributed by atoms with van der Waals surface area (Å²) < 4.78 is 5.31. The number of methoxy groups -OCH3 is 1. The highest BCUT2D eigenvalue weighted by atomic mass is 16.5. The van der Waals surface area contributed by atoms with Crippen LogP contribution >= 0.6 is 0 Å². The molecule has 90 valence electrons. The lowest BCUT2D eigenvalue weighted by atomic mass is 9.97. The average Bonchev–Trinajstić information content (AvgIpc) is 2.71. The second-order valence-corrected chi connectivity index (χ2v) is 4.13. The van der Waals surface area contributed by atoms with Crippen molar-refractivity contribution < 1.29 is 14.6 Å². The number of H-pyrrole nitrogens is 1. The smallest absolute Gasteiger partial charge is 0.303 e. The van der Waals surface area contributed by atoms with Crippen molar-refractivity contribution in [2.75, 3.05) is 7.11 Å². The van der Waals surface area contributed by atoms with E-state index in [0.717, 1.165) is 22.2 Å². The Balaban J connectivity index is 2.50. The first-order valence-electron chi connectivity index (χ1n) is 5.49. The lowest BCUT2D eigenvalue weighted by Crippen LogP contribution is -2.02. The number of hydrogen-bond acceptors (Lipinski definition) is 2. The van der Waals surface area contributed by atoms with Gasteiger partial charge < -0.3 is 14.8 Å². The maximum absolute atomic E-state index is 10.8. The number of aliphatic carboxylic acids is 1. The topological polar surface area (TPSA) is 62.3 Å². The van der Waals surface area contributed by atoms with Crippen LogP contribution in [0.1, 0.15) is 24.8 Å². The second-order valence-electron chi connectivity index (χ2n) is 4.13. The van der Waals surface area contributed by atoms with Crippen LogP contribution in [0.2, 0.25) is 0 Å². The van der Waals surface area contributed by atoms with Crippen molar-refractivity contribution in [1.82, 2.24) is 4.98 Å². The van der Waals surface area contributed by atoms with Gasteiger partial charge >= 0.3 is 5.97 Å². The number of nitrogens with one attached hydrogen (secondary N) is 1. The monoisotopic (exact) mass is 233 g/mol. The maximum atomic E-state index is 10.8. The molecule has 0 aliphatic heterocycles. The Morgan fingerprint density at radius 2 is 2.29 bits per heavy atom. The van der Waals surface area contributed by atoms with Crippen LogP contribution in [0.3, 0.4) is 0 Å². The third kappa shape index (κ3) is 2.11. The fourth-order valence-corrected chi connectivity index (χ4v) is 2.11. The first-order valence-corrected chi connectivity index (χ1v) is 5.49. The molecule has 1 atom stereocenters. The Morgan fingerprint density at radius 3 is 2.94 bits per heavy atom. The summed E-state index contributed by atoms with van der Waals surface area (Å²) in [7, 11) is 1.62. The van der Waals surface area contributed by atoms with Gasteiger partial charge in [0.05, 0.1) is 13.5 Å². The Bertz CT molecular complexity index is 545. The lowest BCUT2D eigenvalue weighted by Gasteiger charge is -2.09. The molecule has 1 aromatic carbocycles. The van der Waals surface area contributed by atoms with E-state index in [9.17, 15) is 4.79 Å². The quantitative estimate of drug-likeness (QED) is 0.853. The van der Waals surface area contributed by atoms with Crippen molar-refractivity contribution in [2.45, 2.75) is 19.3 Å². The van der Waals surface area contributed by atoms with Crippen molar-refractivity contribution >= 4 is 16.9 Å². The largest absolute Gasteiger partial charge is 0.496 e. The van der Waals surface area contributed by atoms with Gasteiger partial charge in [-0.2, -0.15) is 0 Å². The van der Waals surface area contributed by atoms with Crippen molar-refractivity contribution in [3.8, 4) is 5.75 Å². The summed E-state index contributed by atoms with van der Waals surface area (Å²) in [6.45, 7) is 1.91. The number of rotatable bonds is 4. The summed E-state index contributed by atoms with van der Waals surface area (Å²) in [5.74, 6) is -0.0599. The van der Waals surface area contributed by atoms with Crippen LogP contribution in [0, 0.1) is 0 Å². The van der Waals surface area contributed by atoms with Gasteiger partial charge in [-0.05, 0) is 23.6 Å². The molecule has 0 fully saturated rings. The minimum Gasteiger partial charge on any atom is -0.496 e. The molecule has 2 aromatic rings. The summed E-state index contributed by atoms with van der Waals surface area (Å²) in [6.07, 6.45) is 1.98. The lowest BCUT2D eigenvalue weighted by molar-refractivity contribution is -0.137. The summed E-state index contributed by atoms with van der Waals surface area (Å²) in [5, 5.41) is 9.82. The van der Waals surface area contributed by atoms with E-state index in [2.05, 4.69) is 4.98 Å².